The quantitative estimate of drug-likeness (QED) is 0.137. The van der Waals surface area contributed by atoms with Crippen LogP contribution in [0.2, 0.25) is 20.1 Å². The van der Waals surface area contributed by atoms with Crippen LogP contribution in [0.5, 0.6) is 11.5 Å². The molecule has 0 aliphatic carbocycles. The Bertz CT molecular complexity index is 3770. The fourth-order valence-corrected chi connectivity index (χ4v) is 10.5. The number of nitrogens with zero attached hydrogens (tertiary/aromatic N) is 8. The van der Waals surface area contributed by atoms with Crippen LogP contribution in [0.4, 0.5) is 22.7 Å². The molecule has 0 radical (unpaired) electrons. The number of aromatic nitrogens is 3. The van der Waals surface area contributed by atoms with Crippen molar-refractivity contribution in [1.82, 2.24) is 30.1 Å². The van der Waals surface area contributed by atoms with Crippen molar-refractivity contribution in [2.24, 2.45) is 5.73 Å². The summed E-state index contributed by atoms with van der Waals surface area (Å²) in [7, 11) is 3.17. The number of halogens is 4. The van der Waals surface area contributed by atoms with Crippen LogP contribution in [0.1, 0.15) is 75.0 Å². The lowest BCUT2D eigenvalue weighted by atomic mass is 9.99. The maximum absolute atomic E-state index is 12.0. The number of amides is 2. The Labute approximate surface area is 488 Å². The third-order valence-electron chi connectivity index (χ3n) is 13.5. The number of hydrogen-bond acceptors (Lipinski definition) is 10. The fourth-order valence-electron chi connectivity index (χ4n) is 9.31. The summed E-state index contributed by atoms with van der Waals surface area (Å²) >= 11 is 25.0. The molecule has 414 valence electrons. The molecule has 6 heterocycles. The van der Waals surface area contributed by atoms with Gasteiger partial charge in [0.1, 0.15) is 11.5 Å². The molecule has 3 aromatic heterocycles. The number of ether oxygens (including phenoxy) is 2. The minimum Gasteiger partial charge on any atom is -0.495 e. The minimum absolute atomic E-state index is 0. The number of carbonyl (C=O) groups is 2. The second kappa shape index (κ2) is 27.9. The van der Waals surface area contributed by atoms with Crippen LogP contribution in [0.15, 0.2) is 91.0 Å². The SMILES string of the molecule is C.C.COc1ccc(CN)cc1Cl.[C-]#[N+]c1ccc2nc3c(c(Cl)c2c1)CN(C(C)=O)CC3.[C-]#[N+]c1ccc2nc3c(c(Cl)c2c1)CNCC3.[C-]#[N+]c1ccc2nc3c(c(NCc4ccc(OC)c(Cl)c4)c2c1)CN(C(C)=O)CC3.[HH]. The molecule has 11 rings (SSSR count). The van der Waals surface area contributed by atoms with Crippen LogP contribution in [-0.2, 0) is 61.6 Å². The second-order valence-electron chi connectivity index (χ2n) is 18.4. The van der Waals surface area contributed by atoms with E-state index in [1.165, 1.54) is 0 Å². The normalized spacial score (nSPS) is 12.7. The Morgan fingerprint density at radius 1 is 0.625 bits per heavy atom. The molecular weight excluding hydrogens is 1090 g/mol. The van der Waals surface area contributed by atoms with Gasteiger partial charge in [0.2, 0.25) is 11.8 Å². The number of nitrogens with two attached hydrogens (primary N) is 1. The van der Waals surface area contributed by atoms with Crippen molar-refractivity contribution in [3.63, 3.8) is 0 Å². The smallest absolute Gasteiger partial charge is 0.219 e. The zero-order valence-electron chi connectivity index (χ0n) is 43.2. The van der Waals surface area contributed by atoms with Crippen molar-refractivity contribution >= 4 is 114 Å². The first-order chi connectivity index (χ1) is 37.7. The maximum atomic E-state index is 12.0. The minimum atomic E-state index is 0. The zero-order chi connectivity index (χ0) is 55.6. The topological polar surface area (TPSA) is 161 Å². The van der Waals surface area contributed by atoms with Gasteiger partial charge in [0.15, 0.2) is 17.1 Å². The Morgan fingerprint density at radius 3 is 1.54 bits per heavy atom. The molecule has 0 unspecified atom stereocenters. The molecule has 3 aliphatic heterocycles. The zero-order valence-corrected chi connectivity index (χ0v) is 46.3. The molecule has 0 atom stereocenters. The largest absolute Gasteiger partial charge is 0.495 e. The highest BCUT2D eigenvalue weighted by molar-refractivity contribution is 6.37. The Hall–Kier alpha value is -7.78. The standard InChI is InChI=1S/C23H21ClN4O2.C15H12ClN3O.C13H10ClN3.C8H10ClNO.2CH4.H2/c1-14(29)28-9-8-21-18(13-28)23(17-11-16(25-2)5-6-20(17)27-21)26-12-15-4-7-22(30-3)19(24)10-15;1-9(20)19-6-5-14-12(8-19)15(16)11-7-10(17-2)3-4-13(11)18-14;1-15-8-2-3-11-9(6-8)13(14)10-7-16-5-4-12(10)17-11;1-11-8-3-2-6(5-10)4-7(8)9;;;/h4-7,10-11H,8-9,12-13H2,1,3H3,(H,26,27);3-4,7H,5-6,8H2,1H3;2-3,6,16H,4-5,7H2;2-4H,5,10H2,1H3;2*1H4;1H. The number of rotatable bonds is 6. The first kappa shape index (κ1) is 61.4. The molecule has 0 saturated heterocycles. The van der Waals surface area contributed by atoms with E-state index in [-0.39, 0.29) is 28.1 Å². The number of anilines is 1. The highest BCUT2D eigenvalue weighted by Gasteiger charge is 2.26. The van der Waals surface area contributed by atoms with E-state index >= 15 is 0 Å². The highest BCUT2D eigenvalue weighted by Crippen LogP contribution is 2.37. The van der Waals surface area contributed by atoms with Crippen LogP contribution in [0.3, 0.4) is 0 Å². The maximum Gasteiger partial charge on any atom is 0.219 e. The molecule has 4 N–H and O–H groups in total. The third-order valence-corrected chi connectivity index (χ3v) is 15.0. The molecule has 5 aromatic carbocycles. The molecule has 80 heavy (non-hydrogen) atoms. The first-order valence-electron chi connectivity index (χ1n) is 24.8. The number of pyridine rings is 3. The monoisotopic (exact) mass is 1150 g/mol. The van der Waals surface area contributed by atoms with Crippen molar-refractivity contribution in [3.05, 3.63) is 190 Å². The van der Waals surface area contributed by atoms with Crippen LogP contribution < -0.4 is 25.8 Å². The second-order valence-corrected chi connectivity index (χ2v) is 19.9. The summed E-state index contributed by atoms with van der Waals surface area (Å²) in [6.07, 6.45) is 2.34. The molecule has 8 aromatic rings. The van der Waals surface area contributed by atoms with Crippen molar-refractivity contribution in [3.8, 4) is 11.5 Å². The predicted octanol–water partition coefficient (Wildman–Crippen LogP) is 14.7. The van der Waals surface area contributed by atoms with E-state index in [2.05, 4.69) is 35.1 Å². The third kappa shape index (κ3) is 14.0. The Kier molecular flexibility index (Phi) is 21.4. The summed E-state index contributed by atoms with van der Waals surface area (Å²) in [6.45, 7) is 29.7. The Balaban J connectivity index is 0.000000207. The van der Waals surface area contributed by atoms with Gasteiger partial charge in [0.05, 0.1) is 70.6 Å². The van der Waals surface area contributed by atoms with Gasteiger partial charge in [-0.15, -0.1) is 0 Å². The fraction of sp³-hybridized carbons (Fsp3) is 0.279. The van der Waals surface area contributed by atoms with Crippen LogP contribution >= 0.6 is 46.4 Å². The van der Waals surface area contributed by atoms with Gasteiger partial charge in [-0.2, -0.15) is 0 Å². The van der Waals surface area contributed by atoms with E-state index in [1.54, 1.807) is 63.3 Å². The number of benzene rings is 5. The van der Waals surface area contributed by atoms with Gasteiger partial charge in [-0.05, 0) is 71.8 Å². The van der Waals surface area contributed by atoms with Crippen molar-refractivity contribution in [2.45, 2.75) is 80.7 Å². The molecule has 0 saturated carbocycles. The average molecular weight is 1160 g/mol. The summed E-state index contributed by atoms with van der Waals surface area (Å²) in [5.41, 5.74) is 18.6. The van der Waals surface area contributed by atoms with Crippen LogP contribution in [-0.4, -0.2) is 70.4 Å². The number of nitrogens with one attached hydrogen (secondary N) is 2. The van der Waals surface area contributed by atoms with Crippen molar-refractivity contribution < 1.29 is 20.5 Å². The Morgan fingerprint density at radius 2 is 1.06 bits per heavy atom. The number of carbonyl (C=O) groups excluding carboxylic acids is 2. The summed E-state index contributed by atoms with van der Waals surface area (Å²) < 4.78 is 10.2. The molecule has 19 heteroatoms. The summed E-state index contributed by atoms with van der Waals surface area (Å²) in [5, 5.41) is 11.9. The van der Waals surface area contributed by atoms with E-state index in [0.29, 0.717) is 89.3 Å². The van der Waals surface area contributed by atoms with Gasteiger partial charge < -0.3 is 35.6 Å². The van der Waals surface area contributed by atoms with E-state index in [0.717, 1.165) is 114 Å². The van der Waals surface area contributed by atoms with Crippen LogP contribution in [0.25, 0.3) is 47.2 Å². The average Bonchev–Trinajstić information content (AvgIpc) is 3.46. The lowest BCUT2D eigenvalue weighted by Gasteiger charge is -2.30. The lowest BCUT2D eigenvalue weighted by molar-refractivity contribution is -0.130. The van der Waals surface area contributed by atoms with Crippen molar-refractivity contribution in [2.75, 3.05) is 39.2 Å². The number of fused-ring (bicyclic) bond motifs is 6. The molecule has 0 bridgehead atoms. The molecule has 3 aliphatic rings. The van der Waals surface area contributed by atoms with Gasteiger partial charge in [-0.3, -0.25) is 24.5 Å². The van der Waals surface area contributed by atoms with E-state index in [1.807, 2.05) is 65.6 Å². The van der Waals surface area contributed by atoms with Gasteiger partial charge in [0.25, 0.3) is 0 Å². The number of methoxy groups -OCH3 is 2. The van der Waals surface area contributed by atoms with Gasteiger partial charge in [0, 0.05) is 143 Å². The lowest BCUT2D eigenvalue weighted by Crippen LogP contribution is -2.35. The predicted molar refractivity (Wildman–Crippen MR) is 326 cm³/mol. The highest BCUT2D eigenvalue weighted by atomic mass is 35.5. The molecular formula is C61H63Cl4N11O4. The summed E-state index contributed by atoms with van der Waals surface area (Å²) in [5.74, 6) is 1.40. The van der Waals surface area contributed by atoms with E-state index in [4.69, 9.17) is 86.3 Å². The molecule has 0 fully saturated rings. The summed E-state index contributed by atoms with van der Waals surface area (Å²) in [6, 6.07) is 27.5. The first-order valence-corrected chi connectivity index (χ1v) is 26.3. The van der Waals surface area contributed by atoms with E-state index in [9.17, 15) is 9.59 Å². The molecule has 2 amide bonds. The molecule has 15 nitrogen and oxygen atoms in total. The van der Waals surface area contributed by atoms with Gasteiger partial charge >= 0.3 is 0 Å². The van der Waals surface area contributed by atoms with E-state index < -0.39 is 0 Å². The van der Waals surface area contributed by atoms with Crippen molar-refractivity contribution in [1.29, 1.82) is 0 Å². The van der Waals surface area contributed by atoms with Crippen LogP contribution in [0, 0.1) is 19.7 Å². The summed E-state index contributed by atoms with van der Waals surface area (Å²) in [4.78, 5) is 51.5. The van der Waals surface area contributed by atoms with Gasteiger partial charge in [-0.25, -0.2) is 14.5 Å². The number of hydrogen-bond donors (Lipinski definition) is 3. The van der Waals surface area contributed by atoms with Gasteiger partial charge in [-0.1, -0.05) is 91.6 Å². The molecule has 0 spiro atoms.